The van der Waals surface area contributed by atoms with Crippen molar-refractivity contribution in [3.05, 3.63) is 29.3 Å². The van der Waals surface area contributed by atoms with Crippen molar-refractivity contribution in [3.63, 3.8) is 0 Å². The Labute approximate surface area is 125 Å². The first-order chi connectivity index (χ1) is 8.03. The fraction of sp³-hybridized carbons (Fsp3) is 0.250. The maximum absolute atomic E-state index is 12.5. The zero-order valence-electron chi connectivity index (χ0n) is 8.38. The number of hydrogen-bond donors (Lipinski definition) is 2. The molecule has 0 saturated carbocycles. The number of hydrogen-bond acceptors (Lipinski definition) is 3. The molecule has 11 heteroatoms. The molecule has 19 heavy (non-hydrogen) atoms. The predicted molar refractivity (Wildman–Crippen MR) is 54.4 cm³/mol. The molecular weight excluding hydrogens is 292 g/mol. The van der Waals surface area contributed by atoms with E-state index in [1.54, 1.807) is 0 Å². The van der Waals surface area contributed by atoms with Crippen LogP contribution in [0.25, 0.3) is 0 Å². The first-order valence-corrected chi connectivity index (χ1v) is 4.33. The summed E-state index contributed by atoms with van der Waals surface area (Å²) in [4.78, 5) is 0. The molecule has 0 radical (unpaired) electrons. The first-order valence-electron chi connectivity index (χ1n) is 4.33. The van der Waals surface area contributed by atoms with E-state index in [2.05, 4.69) is 4.65 Å². The van der Waals surface area contributed by atoms with Crippen LogP contribution in [-0.2, 0) is 12.4 Å². The molecule has 1 aromatic carbocycles. The molecule has 0 saturated heterocycles. The van der Waals surface area contributed by atoms with Gasteiger partial charge >= 0.3 is 49.2 Å². The van der Waals surface area contributed by atoms with Crippen molar-refractivity contribution in [2.24, 2.45) is 0 Å². The van der Waals surface area contributed by atoms with Gasteiger partial charge in [0.2, 0.25) is 0 Å². The summed E-state index contributed by atoms with van der Waals surface area (Å²) < 4.78 is 78.8. The van der Waals surface area contributed by atoms with Crippen LogP contribution in [0.5, 0.6) is 5.75 Å². The Kier molecular flexibility index (Phi) is 6.22. The fourth-order valence-electron chi connectivity index (χ4n) is 1.27. The number of alkyl halides is 6. The monoisotopic (exact) mass is 298 g/mol. The topological polar surface area (TPSA) is 49.7 Å². The van der Waals surface area contributed by atoms with Gasteiger partial charge in [0.15, 0.2) is 0 Å². The summed E-state index contributed by atoms with van der Waals surface area (Å²) in [6.07, 6.45) is -10.6. The average molecular weight is 298 g/mol. The van der Waals surface area contributed by atoms with Gasteiger partial charge in [-0.15, -0.1) is 0 Å². The molecule has 0 aliphatic rings. The van der Waals surface area contributed by atoms with Gasteiger partial charge in [0.25, 0.3) is 0 Å². The molecule has 0 heterocycles. The second-order valence-corrected chi connectivity index (χ2v) is 3.12. The molecule has 0 aromatic heterocycles. The molecule has 0 aliphatic carbocycles. The molecule has 1 aromatic rings. The second kappa shape index (κ2) is 6.36. The summed E-state index contributed by atoms with van der Waals surface area (Å²) in [5, 5.41) is 16.7. The molecule has 0 atom stereocenters. The quantitative estimate of drug-likeness (QED) is 0.641. The normalized spacial score (nSPS) is 11.8. The van der Waals surface area contributed by atoms with E-state index in [1.165, 1.54) is 0 Å². The van der Waals surface area contributed by atoms with Crippen LogP contribution in [-0.4, -0.2) is 46.9 Å². The third-order valence-electron chi connectivity index (χ3n) is 1.85. The molecule has 0 amide bonds. The minimum absolute atomic E-state index is 0. The number of benzene rings is 1. The van der Waals surface area contributed by atoms with Crippen LogP contribution in [0.4, 0.5) is 26.3 Å². The molecule has 0 fully saturated rings. The Hall–Kier alpha value is -0.415. The van der Waals surface area contributed by atoms with Crippen molar-refractivity contribution < 1.29 is 41.0 Å². The van der Waals surface area contributed by atoms with Gasteiger partial charge in [-0.2, -0.15) is 26.3 Å². The van der Waals surface area contributed by atoms with Crippen LogP contribution in [0.1, 0.15) is 11.1 Å². The maximum atomic E-state index is 12.5. The first kappa shape index (κ1) is 18.6. The van der Waals surface area contributed by atoms with Crippen molar-refractivity contribution in [1.82, 2.24) is 0 Å². The van der Waals surface area contributed by atoms with Gasteiger partial charge < -0.3 is 14.7 Å². The minimum atomic E-state index is -5.35. The fourth-order valence-corrected chi connectivity index (χ4v) is 1.27. The van der Waals surface area contributed by atoms with Crippen molar-refractivity contribution in [2.75, 3.05) is 0 Å². The molecule has 0 bridgehead atoms. The number of halogens is 6. The molecular formula is C8H6BF6NaO3. The van der Waals surface area contributed by atoms with Gasteiger partial charge in [-0.3, -0.25) is 0 Å². The van der Waals surface area contributed by atoms with E-state index in [4.69, 9.17) is 10.0 Å². The van der Waals surface area contributed by atoms with E-state index in [0.717, 1.165) is 0 Å². The Morgan fingerprint density at radius 1 is 0.947 bits per heavy atom. The third-order valence-corrected chi connectivity index (χ3v) is 1.85. The average Bonchev–Trinajstić information content (AvgIpc) is 2.13. The van der Waals surface area contributed by atoms with Crippen LogP contribution in [0.15, 0.2) is 18.2 Å². The predicted octanol–water partition coefficient (Wildman–Crippen LogP) is 1.42. The summed E-state index contributed by atoms with van der Waals surface area (Å²) >= 11 is 0. The molecule has 102 valence electrons. The Morgan fingerprint density at radius 3 is 1.84 bits per heavy atom. The summed E-state index contributed by atoms with van der Waals surface area (Å²) in [5.41, 5.74) is -4.07. The van der Waals surface area contributed by atoms with Gasteiger partial charge in [0.1, 0.15) is 11.3 Å². The van der Waals surface area contributed by atoms with Gasteiger partial charge in [-0.05, 0) is 12.1 Å². The molecule has 0 unspecified atom stereocenters. The van der Waals surface area contributed by atoms with Gasteiger partial charge in [0, 0.05) is 0 Å². The van der Waals surface area contributed by atoms with Gasteiger partial charge in [0.05, 0.1) is 5.56 Å². The van der Waals surface area contributed by atoms with Crippen molar-refractivity contribution >= 4 is 36.9 Å². The van der Waals surface area contributed by atoms with Crippen LogP contribution in [0.3, 0.4) is 0 Å². The summed E-state index contributed by atoms with van der Waals surface area (Å²) in [6.45, 7) is 0. The van der Waals surface area contributed by atoms with E-state index in [9.17, 15) is 26.3 Å². The molecule has 2 N–H and O–H groups in total. The zero-order valence-corrected chi connectivity index (χ0v) is 8.38. The van der Waals surface area contributed by atoms with Crippen LogP contribution < -0.4 is 4.65 Å². The second-order valence-electron chi connectivity index (χ2n) is 3.12. The van der Waals surface area contributed by atoms with Crippen LogP contribution in [0.2, 0.25) is 0 Å². The Balaban J connectivity index is 0.00000324. The Bertz CT molecular complexity index is 433. The molecule has 1 rings (SSSR count). The molecule has 3 nitrogen and oxygen atoms in total. The van der Waals surface area contributed by atoms with E-state index < -0.39 is 36.6 Å². The summed E-state index contributed by atoms with van der Waals surface area (Å²) in [7, 11) is -2.66. The van der Waals surface area contributed by atoms with Crippen LogP contribution >= 0.6 is 0 Å². The molecule has 0 spiro atoms. The number of rotatable bonds is 2. The van der Waals surface area contributed by atoms with Crippen molar-refractivity contribution in [2.45, 2.75) is 12.4 Å². The van der Waals surface area contributed by atoms with E-state index in [0.29, 0.717) is 12.1 Å². The van der Waals surface area contributed by atoms with Gasteiger partial charge in [-0.1, -0.05) is 6.07 Å². The summed E-state index contributed by atoms with van der Waals surface area (Å²) in [6, 6.07) is 1.44. The SMILES string of the molecule is OB(O)Oc1cccc(C(F)(F)F)c1C(F)(F)F.[NaH]. The van der Waals surface area contributed by atoms with Gasteiger partial charge in [-0.25, -0.2) is 0 Å². The van der Waals surface area contributed by atoms with E-state index in [1.807, 2.05) is 0 Å². The van der Waals surface area contributed by atoms with Crippen LogP contribution in [0, 0.1) is 0 Å². The third kappa shape index (κ3) is 4.88. The zero-order chi connectivity index (χ0) is 14.1. The Morgan fingerprint density at radius 2 is 1.47 bits per heavy atom. The summed E-state index contributed by atoms with van der Waals surface area (Å²) in [5.74, 6) is -1.31. The van der Waals surface area contributed by atoms with Crippen molar-refractivity contribution in [3.8, 4) is 5.75 Å². The van der Waals surface area contributed by atoms with E-state index >= 15 is 0 Å². The van der Waals surface area contributed by atoms with Crippen molar-refractivity contribution in [1.29, 1.82) is 0 Å². The van der Waals surface area contributed by atoms with E-state index in [-0.39, 0.29) is 35.6 Å². The molecule has 0 aliphatic heterocycles. The standard InChI is InChI=1S/C8H5BF6O3.Na.H/c10-7(11,12)4-2-1-3-5(18-9(16)17)6(4)8(13,14)15;;/h1-3,16-17H;;.